The summed E-state index contributed by atoms with van der Waals surface area (Å²) in [6.07, 6.45) is 10.7. The van der Waals surface area contributed by atoms with Gasteiger partial charge in [-0.3, -0.25) is 0 Å². The van der Waals surface area contributed by atoms with E-state index in [1.165, 1.54) is 36.9 Å². The third-order valence-electron chi connectivity index (χ3n) is 4.73. The van der Waals surface area contributed by atoms with Crippen LogP contribution >= 0.6 is 0 Å². The van der Waals surface area contributed by atoms with Crippen molar-refractivity contribution in [1.29, 1.82) is 0 Å². The van der Waals surface area contributed by atoms with Crippen LogP contribution in [-0.4, -0.2) is 9.67 Å². The van der Waals surface area contributed by atoms with Crippen LogP contribution in [0.1, 0.15) is 62.8 Å². The van der Waals surface area contributed by atoms with E-state index >= 15 is 0 Å². The van der Waals surface area contributed by atoms with E-state index < -0.39 is 0 Å². The van der Waals surface area contributed by atoms with Gasteiger partial charge in [-0.15, -0.1) is 0 Å². The van der Waals surface area contributed by atoms with Crippen LogP contribution in [0.5, 0.6) is 0 Å². The molecule has 2 nitrogen and oxygen atoms in total. The van der Waals surface area contributed by atoms with Crippen molar-refractivity contribution in [2.45, 2.75) is 64.5 Å². The number of aliphatic hydroxyl groups excluding tert-OH is 1. The van der Waals surface area contributed by atoms with Crippen LogP contribution in [-0.2, 0) is 13.0 Å². The molecule has 2 aliphatic carbocycles. The monoisotopic (exact) mass is 233 g/mol. The maximum absolute atomic E-state index is 9.99. The van der Waals surface area contributed by atoms with E-state index in [1.54, 1.807) is 0 Å². The Labute approximate surface area is 104 Å². The van der Waals surface area contributed by atoms with Gasteiger partial charge in [0.25, 0.3) is 0 Å². The van der Waals surface area contributed by atoms with Gasteiger partial charge >= 0.3 is 0 Å². The van der Waals surface area contributed by atoms with Gasteiger partial charge in [-0.25, -0.2) is 0 Å². The molecule has 0 saturated heterocycles. The molecular formula is C15H23NO. The molecule has 1 fully saturated rings. The molecule has 1 atom stereocenters. The molecule has 1 aromatic rings. The number of nitrogens with zero attached hydrogens (tertiary/aromatic N) is 1. The summed E-state index contributed by atoms with van der Waals surface area (Å²) in [5.41, 5.74) is 3.09. The quantitative estimate of drug-likeness (QED) is 0.831. The normalized spacial score (nSPS) is 27.1. The van der Waals surface area contributed by atoms with E-state index in [0.717, 1.165) is 25.8 Å². The van der Waals surface area contributed by atoms with E-state index in [-0.39, 0.29) is 6.10 Å². The molecule has 17 heavy (non-hydrogen) atoms. The molecule has 1 heterocycles. The first-order chi connectivity index (χ1) is 8.18. The van der Waals surface area contributed by atoms with Crippen molar-refractivity contribution in [2.75, 3.05) is 0 Å². The van der Waals surface area contributed by atoms with Crippen molar-refractivity contribution in [1.82, 2.24) is 4.57 Å². The molecule has 1 unspecified atom stereocenters. The molecule has 2 heteroatoms. The molecule has 0 amide bonds. The number of aliphatic hydroxyl groups is 1. The first-order valence-electron chi connectivity index (χ1n) is 7.04. The van der Waals surface area contributed by atoms with Crippen molar-refractivity contribution < 1.29 is 5.11 Å². The lowest BCUT2D eigenvalue weighted by molar-refractivity contribution is 0.154. The van der Waals surface area contributed by atoms with E-state index in [4.69, 9.17) is 0 Å². The van der Waals surface area contributed by atoms with Crippen molar-refractivity contribution in [3.05, 3.63) is 23.5 Å². The Morgan fingerprint density at radius 1 is 1.35 bits per heavy atom. The predicted molar refractivity (Wildman–Crippen MR) is 68.9 cm³/mol. The van der Waals surface area contributed by atoms with Crippen molar-refractivity contribution in [2.24, 2.45) is 5.41 Å². The lowest BCUT2D eigenvalue weighted by Crippen LogP contribution is -2.22. The molecule has 2 aliphatic rings. The Hall–Kier alpha value is -0.760. The largest absolute Gasteiger partial charge is 0.388 e. The third kappa shape index (κ3) is 2.03. The van der Waals surface area contributed by atoms with Gasteiger partial charge < -0.3 is 9.67 Å². The molecule has 0 aromatic carbocycles. The molecule has 1 saturated carbocycles. The Bertz CT molecular complexity index is 401. The highest BCUT2D eigenvalue weighted by Crippen LogP contribution is 2.40. The minimum absolute atomic E-state index is 0.212. The summed E-state index contributed by atoms with van der Waals surface area (Å²) in [6, 6.07) is 2.14. The van der Waals surface area contributed by atoms with E-state index in [1.807, 2.05) is 0 Å². The van der Waals surface area contributed by atoms with Gasteiger partial charge in [0.2, 0.25) is 0 Å². The van der Waals surface area contributed by atoms with Crippen LogP contribution in [0, 0.1) is 5.41 Å². The van der Waals surface area contributed by atoms with Gasteiger partial charge in [0, 0.05) is 24.0 Å². The summed E-state index contributed by atoms with van der Waals surface area (Å²) in [6.45, 7) is 3.57. The summed E-state index contributed by atoms with van der Waals surface area (Å²) in [5, 5.41) is 9.99. The topological polar surface area (TPSA) is 25.2 Å². The smallest absolute Gasteiger partial charge is 0.0807 e. The molecule has 0 bridgehead atoms. The van der Waals surface area contributed by atoms with Gasteiger partial charge in [0.1, 0.15) is 0 Å². The van der Waals surface area contributed by atoms with Crippen LogP contribution in [0.15, 0.2) is 12.3 Å². The Balaban J connectivity index is 1.84. The second-order valence-corrected chi connectivity index (χ2v) is 6.27. The zero-order valence-electron chi connectivity index (χ0n) is 10.8. The number of fused-ring (bicyclic) bond motifs is 1. The molecule has 1 N–H and O–H groups in total. The minimum Gasteiger partial charge on any atom is -0.388 e. The first-order valence-corrected chi connectivity index (χ1v) is 7.04. The SMILES string of the molecule is CC1(Cn2ccc3c2CCCC3O)CCCC1. The van der Waals surface area contributed by atoms with Crippen LogP contribution < -0.4 is 0 Å². The zero-order valence-corrected chi connectivity index (χ0v) is 10.8. The van der Waals surface area contributed by atoms with Gasteiger partial charge in [-0.05, 0) is 43.6 Å². The molecule has 3 rings (SSSR count). The van der Waals surface area contributed by atoms with Gasteiger partial charge in [0.05, 0.1) is 6.10 Å². The van der Waals surface area contributed by atoms with Crippen molar-refractivity contribution >= 4 is 0 Å². The van der Waals surface area contributed by atoms with Gasteiger partial charge in [-0.2, -0.15) is 0 Å². The molecule has 0 spiro atoms. The summed E-state index contributed by atoms with van der Waals surface area (Å²) >= 11 is 0. The number of aromatic nitrogens is 1. The maximum atomic E-state index is 9.99. The average Bonchev–Trinajstić information content (AvgIpc) is 2.88. The second-order valence-electron chi connectivity index (χ2n) is 6.27. The van der Waals surface area contributed by atoms with E-state index in [2.05, 4.69) is 23.8 Å². The summed E-state index contributed by atoms with van der Waals surface area (Å²) in [7, 11) is 0. The predicted octanol–water partition coefficient (Wildman–Crippen LogP) is 3.44. The zero-order chi connectivity index (χ0) is 11.9. The number of hydrogen-bond acceptors (Lipinski definition) is 1. The fraction of sp³-hybridized carbons (Fsp3) is 0.733. The van der Waals surface area contributed by atoms with Gasteiger partial charge in [-0.1, -0.05) is 19.8 Å². The number of hydrogen-bond donors (Lipinski definition) is 1. The highest BCUT2D eigenvalue weighted by atomic mass is 16.3. The van der Waals surface area contributed by atoms with E-state index in [9.17, 15) is 5.11 Å². The molecule has 1 aromatic heterocycles. The molecule has 0 radical (unpaired) electrons. The second kappa shape index (κ2) is 4.16. The maximum Gasteiger partial charge on any atom is 0.0807 e. The van der Waals surface area contributed by atoms with Crippen LogP contribution in [0.3, 0.4) is 0 Å². The molecule has 0 aliphatic heterocycles. The summed E-state index contributed by atoms with van der Waals surface area (Å²) < 4.78 is 2.42. The highest BCUT2D eigenvalue weighted by Gasteiger charge is 2.30. The van der Waals surface area contributed by atoms with Crippen LogP contribution in [0.4, 0.5) is 0 Å². The molecular weight excluding hydrogens is 210 g/mol. The van der Waals surface area contributed by atoms with Crippen molar-refractivity contribution in [3.63, 3.8) is 0 Å². The highest BCUT2D eigenvalue weighted by molar-refractivity contribution is 5.27. The summed E-state index contributed by atoms with van der Waals surface area (Å²) in [4.78, 5) is 0. The average molecular weight is 233 g/mol. The Kier molecular flexibility index (Phi) is 2.78. The van der Waals surface area contributed by atoms with Crippen molar-refractivity contribution in [3.8, 4) is 0 Å². The lowest BCUT2D eigenvalue weighted by Gasteiger charge is -2.27. The third-order valence-corrected chi connectivity index (χ3v) is 4.73. The first kappa shape index (κ1) is 11.3. The summed E-state index contributed by atoms with van der Waals surface area (Å²) in [5.74, 6) is 0. The number of rotatable bonds is 2. The fourth-order valence-corrected chi connectivity index (χ4v) is 3.68. The standard InChI is InChI=1S/C15H23NO/c1-15(8-2-3-9-15)11-16-10-7-12-13(16)5-4-6-14(12)17/h7,10,14,17H,2-6,8-9,11H2,1H3. The van der Waals surface area contributed by atoms with Crippen LogP contribution in [0.2, 0.25) is 0 Å². The van der Waals surface area contributed by atoms with E-state index in [0.29, 0.717) is 5.41 Å². The van der Waals surface area contributed by atoms with Crippen LogP contribution in [0.25, 0.3) is 0 Å². The van der Waals surface area contributed by atoms with Gasteiger partial charge in [0.15, 0.2) is 0 Å². The lowest BCUT2D eigenvalue weighted by atomic mass is 9.88. The Morgan fingerprint density at radius 3 is 2.88 bits per heavy atom. The molecule has 94 valence electrons. The minimum atomic E-state index is -0.212. The fourth-order valence-electron chi connectivity index (χ4n) is 3.68. The Morgan fingerprint density at radius 2 is 2.12 bits per heavy atom.